The summed E-state index contributed by atoms with van der Waals surface area (Å²) in [5.41, 5.74) is 4.68. The van der Waals surface area contributed by atoms with Gasteiger partial charge >= 0.3 is 0 Å². The van der Waals surface area contributed by atoms with Crippen LogP contribution >= 0.6 is 0 Å². The highest BCUT2D eigenvalue weighted by Crippen LogP contribution is 2.28. The van der Waals surface area contributed by atoms with E-state index >= 15 is 0 Å². The predicted octanol–water partition coefficient (Wildman–Crippen LogP) is 6.59. The normalized spacial score (nSPS) is 12.1. The van der Waals surface area contributed by atoms with Gasteiger partial charge in [-0.3, -0.25) is 4.39 Å². The molecule has 180 valence electrons. The van der Waals surface area contributed by atoms with Crippen LogP contribution in [-0.4, -0.2) is 41.7 Å². The van der Waals surface area contributed by atoms with E-state index in [1.165, 1.54) is 33.2 Å². The van der Waals surface area contributed by atoms with E-state index < -0.39 is 7.15 Å². The number of benzene rings is 2. The number of nitrogens with zero attached hydrogens (tertiary/aromatic N) is 2. The number of para-hydroxylation sites is 2. The Morgan fingerprint density at radius 1 is 0.848 bits per heavy atom. The fourth-order valence-corrected chi connectivity index (χ4v) is 4.68. The lowest BCUT2D eigenvalue weighted by atomic mass is 10.1. The fraction of sp³-hybridized carbons (Fsp3) is 0.429. The van der Waals surface area contributed by atoms with Crippen molar-refractivity contribution in [3.05, 3.63) is 72.1 Å². The van der Waals surface area contributed by atoms with Crippen molar-refractivity contribution in [3.63, 3.8) is 0 Å². The summed E-state index contributed by atoms with van der Waals surface area (Å²) in [7, 11) is 0.753. The Balaban J connectivity index is 0.000000216. The molecular formula is C28H39FN2O2. The zero-order chi connectivity index (χ0) is 25.5. The molecule has 4 aromatic rings. The average molecular weight is 456 g/mol. The van der Waals surface area contributed by atoms with E-state index in [0.717, 1.165) is 0 Å². The van der Waals surface area contributed by atoms with Crippen LogP contribution in [0.1, 0.15) is 40.5 Å². The molecule has 33 heavy (non-hydrogen) atoms. The molecule has 0 aliphatic heterocycles. The topological polar surface area (TPSA) is 39.3 Å². The molecule has 0 aliphatic carbocycles. The lowest BCUT2D eigenvalue weighted by Gasteiger charge is -2.29. The van der Waals surface area contributed by atoms with Crippen molar-refractivity contribution in [1.29, 1.82) is 0 Å². The number of rotatable bonds is 5. The van der Waals surface area contributed by atoms with E-state index in [2.05, 4.69) is 85.4 Å². The number of aromatic nitrogens is 2. The summed E-state index contributed by atoms with van der Waals surface area (Å²) in [5.74, 6) is 0. The van der Waals surface area contributed by atoms with Gasteiger partial charge in [-0.25, -0.2) is 0 Å². The molecule has 0 spiro atoms. The van der Waals surface area contributed by atoms with Gasteiger partial charge in [0.15, 0.2) is 0 Å². The molecule has 0 saturated heterocycles. The molecule has 5 heteroatoms. The molecule has 1 N–H and O–H groups in total. The van der Waals surface area contributed by atoms with Crippen LogP contribution in [0.4, 0.5) is 4.39 Å². The van der Waals surface area contributed by atoms with E-state index in [1.807, 2.05) is 26.0 Å². The first-order valence-electron chi connectivity index (χ1n) is 11.8. The molecule has 2 heterocycles. The second kappa shape index (κ2) is 11.0. The minimum atomic E-state index is -1.00. The molecule has 2 aromatic carbocycles. The van der Waals surface area contributed by atoms with E-state index in [1.54, 1.807) is 7.11 Å². The molecule has 0 aliphatic rings. The average Bonchev–Trinajstić information content (AvgIpc) is 3.30. The Morgan fingerprint density at radius 2 is 1.24 bits per heavy atom. The van der Waals surface area contributed by atoms with E-state index in [0.29, 0.717) is 6.61 Å². The number of aliphatic hydroxyl groups excluding tert-OH is 1. The highest BCUT2D eigenvalue weighted by Gasteiger charge is 2.23. The maximum Gasteiger partial charge on any atom is 0.0785 e. The van der Waals surface area contributed by atoms with Crippen LogP contribution in [0.15, 0.2) is 60.7 Å². The summed E-state index contributed by atoms with van der Waals surface area (Å²) in [4.78, 5) is 0. The molecule has 0 bridgehead atoms. The minimum Gasteiger partial charge on any atom is -0.394 e. The van der Waals surface area contributed by atoms with Gasteiger partial charge in [-0.1, -0.05) is 36.4 Å². The summed E-state index contributed by atoms with van der Waals surface area (Å²) < 4.78 is 25.4. The van der Waals surface area contributed by atoms with Gasteiger partial charge in [0.1, 0.15) is 0 Å². The fourth-order valence-electron chi connectivity index (χ4n) is 4.68. The maximum atomic E-state index is 9.96. The van der Waals surface area contributed by atoms with Gasteiger partial charge in [0.2, 0.25) is 0 Å². The van der Waals surface area contributed by atoms with Crippen molar-refractivity contribution < 1.29 is 15.6 Å². The molecule has 4 nitrogen and oxygen atoms in total. The van der Waals surface area contributed by atoms with Crippen molar-refractivity contribution >= 4 is 21.8 Å². The third-order valence-corrected chi connectivity index (χ3v) is 5.88. The summed E-state index contributed by atoms with van der Waals surface area (Å²) in [6.45, 7) is 13.6. The number of aliphatic hydroxyl groups is 1. The summed E-state index contributed by atoms with van der Waals surface area (Å²) in [5, 5.41) is 12.0. The molecule has 0 amide bonds. The van der Waals surface area contributed by atoms with Gasteiger partial charge in [0, 0.05) is 29.5 Å². The Morgan fingerprint density at radius 3 is 1.64 bits per heavy atom. The Bertz CT molecular complexity index is 1190. The summed E-state index contributed by atoms with van der Waals surface area (Å²) in [6, 6.07) is 21.1. The molecule has 0 fully saturated rings. The van der Waals surface area contributed by atoms with Crippen LogP contribution in [0, 0.1) is 13.8 Å². The molecule has 0 radical (unpaired) electrons. The van der Waals surface area contributed by atoms with Crippen LogP contribution < -0.4 is 0 Å². The third-order valence-electron chi connectivity index (χ3n) is 5.88. The highest BCUT2D eigenvalue weighted by atomic mass is 19.1. The monoisotopic (exact) mass is 455 g/mol. The van der Waals surface area contributed by atoms with Crippen molar-refractivity contribution in [3.8, 4) is 0 Å². The molecular weight excluding hydrogens is 415 g/mol. The van der Waals surface area contributed by atoms with Gasteiger partial charge in [-0.05, 0) is 76.6 Å². The minimum absolute atomic E-state index is 0.0120. The van der Waals surface area contributed by atoms with Crippen molar-refractivity contribution in [2.75, 3.05) is 27.5 Å². The van der Waals surface area contributed by atoms with Crippen molar-refractivity contribution in [2.45, 2.75) is 52.6 Å². The Kier molecular flexibility index (Phi) is 8.33. The quantitative estimate of drug-likeness (QED) is 0.368. The van der Waals surface area contributed by atoms with Gasteiger partial charge in [0.05, 0.1) is 32.8 Å². The van der Waals surface area contributed by atoms with Gasteiger partial charge in [-0.2, -0.15) is 0 Å². The predicted molar refractivity (Wildman–Crippen MR) is 138 cm³/mol. The SMILES string of the molecule is COCC(C)(C)n1c(C)cc2ccccc21.Cc1cc2ccccc2n1C(C)(C)CO.[2H]CF. The maximum absolute atomic E-state index is 9.96. The number of aryl methyl sites for hydroxylation is 2. The lowest BCUT2D eigenvalue weighted by molar-refractivity contribution is 0.111. The smallest absolute Gasteiger partial charge is 0.0785 e. The number of fused-ring (bicyclic) bond motifs is 2. The van der Waals surface area contributed by atoms with Crippen LogP contribution in [0.5, 0.6) is 0 Å². The molecule has 2 aromatic heterocycles. The standard InChI is InChI=1S/C14H19NO.C13H17NO.CH3F/c1-11-9-12-7-5-6-8-13(12)15(11)14(2,3)10-16-4;1-10-8-11-6-4-5-7-12(11)14(10)13(2,3)9-15;1-2/h5-9H,10H2,1-4H3;4-8,15H,9H2,1-3H3;1H3/i;;1D. The number of halogens is 1. The number of methoxy groups -OCH3 is 1. The van der Waals surface area contributed by atoms with Gasteiger partial charge in [0.25, 0.3) is 0 Å². The zero-order valence-corrected chi connectivity index (χ0v) is 21.0. The largest absolute Gasteiger partial charge is 0.394 e. The number of hydrogen-bond acceptors (Lipinski definition) is 2. The highest BCUT2D eigenvalue weighted by molar-refractivity contribution is 5.82. The third kappa shape index (κ3) is 5.66. The van der Waals surface area contributed by atoms with Crippen LogP contribution in [0.25, 0.3) is 21.8 Å². The summed E-state index contributed by atoms with van der Waals surface area (Å²) in [6.07, 6.45) is 0. The zero-order valence-electron chi connectivity index (χ0n) is 22.0. The first-order valence-corrected chi connectivity index (χ1v) is 11.1. The molecule has 0 saturated carbocycles. The van der Waals surface area contributed by atoms with E-state index in [-0.39, 0.29) is 17.7 Å². The second-order valence-corrected chi connectivity index (χ2v) is 9.58. The van der Waals surface area contributed by atoms with Crippen molar-refractivity contribution in [1.82, 2.24) is 9.13 Å². The lowest BCUT2D eigenvalue weighted by Crippen LogP contribution is -2.32. The van der Waals surface area contributed by atoms with Crippen LogP contribution in [-0.2, 0) is 15.8 Å². The molecule has 0 atom stereocenters. The van der Waals surface area contributed by atoms with Crippen LogP contribution in [0.2, 0.25) is 0 Å². The molecule has 4 rings (SSSR count). The van der Waals surface area contributed by atoms with Crippen LogP contribution in [0.3, 0.4) is 0 Å². The molecule has 0 unspecified atom stereocenters. The Hall–Kier alpha value is -2.63. The van der Waals surface area contributed by atoms with E-state index in [9.17, 15) is 9.50 Å². The number of alkyl halides is 1. The van der Waals surface area contributed by atoms with Gasteiger partial charge in [-0.15, -0.1) is 0 Å². The number of ether oxygens (including phenoxy) is 1. The Labute approximate surface area is 199 Å². The first-order chi connectivity index (χ1) is 16.0. The first kappa shape index (κ1) is 25.0. The second-order valence-electron chi connectivity index (χ2n) is 9.58. The summed E-state index contributed by atoms with van der Waals surface area (Å²) >= 11 is 0. The van der Waals surface area contributed by atoms with Gasteiger partial charge < -0.3 is 19.0 Å². The number of hydrogen-bond donors (Lipinski definition) is 1. The van der Waals surface area contributed by atoms with Crippen molar-refractivity contribution in [2.24, 2.45) is 0 Å². The van der Waals surface area contributed by atoms with E-state index in [4.69, 9.17) is 6.11 Å².